The summed E-state index contributed by atoms with van der Waals surface area (Å²) in [6.07, 6.45) is 0. The first-order chi connectivity index (χ1) is 16.8. The molecule has 1 aliphatic heterocycles. The van der Waals surface area contributed by atoms with Gasteiger partial charge in [-0.1, -0.05) is 29.0 Å². The maximum absolute atomic E-state index is 13.3. The van der Waals surface area contributed by atoms with Crippen LogP contribution in [-0.2, 0) is 9.59 Å². The number of fused-ring (bicyclic) bond motifs is 1. The lowest BCUT2D eigenvalue weighted by Gasteiger charge is -2.21. The molecule has 2 aromatic carbocycles. The fourth-order valence-electron chi connectivity index (χ4n) is 4.03. The fraction of sp³-hybridized carbons (Fsp3) is 0.160. The van der Waals surface area contributed by atoms with Crippen molar-refractivity contribution in [3.63, 3.8) is 0 Å². The number of methoxy groups -OCH3 is 2. The van der Waals surface area contributed by atoms with Crippen LogP contribution >= 0.6 is 34.3 Å². The summed E-state index contributed by atoms with van der Waals surface area (Å²) in [4.78, 5) is 33.3. The second-order valence-electron chi connectivity index (χ2n) is 7.82. The Morgan fingerprint density at radius 1 is 1.11 bits per heavy atom. The summed E-state index contributed by atoms with van der Waals surface area (Å²) in [5.74, 6) is -0.985. The molecular formula is C25H19ClN2O5S2. The number of carbonyl (C=O) groups is 2. The van der Waals surface area contributed by atoms with Crippen LogP contribution in [0.3, 0.4) is 0 Å². The quantitative estimate of drug-likeness (QED) is 0.196. The largest absolute Gasteiger partial charge is 0.507 e. The van der Waals surface area contributed by atoms with Gasteiger partial charge in [-0.05, 0) is 54.3 Å². The summed E-state index contributed by atoms with van der Waals surface area (Å²) >= 11 is 8.95. The Morgan fingerprint density at radius 2 is 1.89 bits per heavy atom. The van der Waals surface area contributed by atoms with Crippen LogP contribution in [-0.4, -0.2) is 36.0 Å². The number of carbonyl (C=O) groups excluding carboxylic acids is 2. The van der Waals surface area contributed by atoms with E-state index in [1.807, 2.05) is 30.5 Å². The third-order valence-electron chi connectivity index (χ3n) is 5.78. The van der Waals surface area contributed by atoms with Crippen LogP contribution in [0.1, 0.15) is 22.0 Å². The normalized spacial score (nSPS) is 17.4. The van der Waals surface area contributed by atoms with E-state index in [0.29, 0.717) is 32.7 Å². The number of thiophene rings is 1. The number of anilines is 1. The molecule has 0 radical (unpaired) electrons. The van der Waals surface area contributed by atoms with Crippen molar-refractivity contribution in [1.82, 2.24) is 4.98 Å². The van der Waals surface area contributed by atoms with Gasteiger partial charge in [0.05, 0.1) is 30.0 Å². The molecule has 2 aromatic heterocycles. The number of benzene rings is 2. The molecule has 1 unspecified atom stereocenters. The summed E-state index contributed by atoms with van der Waals surface area (Å²) in [6.45, 7) is 1.89. The highest BCUT2D eigenvalue weighted by Crippen LogP contribution is 2.46. The Kier molecular flexibility index (Phi) is 6.00. The molecule has 0 spiro atoms. The summed E-state index contributed by atoms with van der Waals surface area (Å²) in [5.41, 5.74) is 1.83. The number of thiazole rings is 1. The molecule has 1 saturated heterocycles. The van der Waals surface area contributed by atoms with Gasteiger partial charge in [-0.15, -0.1) is 11.3 Å². The van der Waals surface area contributed by atoms with Crippen molar-refractivity contribution in [3.8, 4) is 11.5 Å². The lowest BCUT2D eigenvalue weighted by molar-refractivity contribution is -0.132. The first-order valence-electron chi connectivity index (χ1n) is 10.5. The smallest absolute Gasteiger partial charge is 0.301 e. The van der Waals surface area contributed by atoms with E-state index in [9.17, 15) is 14.7 Å². The van der Waals surface area contributed by atoms with Crippen molar-refractivity contribution >= 4 is 67.1 Å². The third-order valence-corrected chi connectivity index (χ3v) is 8.13. The van der Waals surface area contributed by atoms with Crippen LogP contribution < -0.4 is 14.4 Å². The zero-order valence-corrected chi connectivity index (χ0v) is 21.3. The van der Waals surface area contributed by atoms with Gasteiger partial charge in [0.2, 0.25) is 0 Å². The average Bonchev–Trinajstić information content (AvgIpc) is 3.57. The van der Waals surface area contributed by atoms with Crippen LogP contribution in [0, 0.1) is 6.92 Å². The summed E-state index contributed by atoms with van der Waals surface area (Å²) < 4.78 is 11.5. The van der Waals surface area contributed by atoms with Gasteiger partial charge in [0.15, 0.2) is 16.6 Å². The molecule has 4 aromatic rings. The number of nitrogens with zero attached hydrogens (tertiary/aromatic N) is 2. The molecule has 1 N–H and O–H groups in total. The summed E-state index contributed by atoms with van der Waals surface area (Å²) in [6, 6.07) is 11.3. The number of halogens is 1. The van der Waals surface area contributed by atoms with Crippen molar-refractivity contribution in [1.29, 1.82) is 0 Å². The molecule has 0 saturated carbocycles. The number of Topliss-reactive ketones (excluding diaryl/α,β-unsaturated/α-hetero) is 1. The number of ether oxygens (including phenoxy) is 2. The van der Waals surface area contributed by atoms with Crippen molar-refractivity contribution in [2.45, 2.75) is 13.0 Å². The van der Waals surface area contributed by atoms with Gasteiger partial charge in [-0.2, -0.15) is 0 Å². The van der Waals surface area contributed by atoms with Gasteiger partial charge in [0, 0.05) is 15.5 Å². The molecule has 178 valence electrons. The molecule has 0 aliphatic carbocycles. The number of aliphatic hydroxyl groups excluding tert-OH is 1. The van der Waals surface area contributed by atoms with E-state index in [1.54, 1.807) is 24.3 Å². The Hall–Kier alpha value is -3.40. The van der Waals surface area contributed by atoms with Crippen LogP contribution in [0.4, 0.5) is 5.13 Å². The minimum atomic E-state index is -0.833. The van der Waals surface area contributed by atoms with E-state index in [4.69, 9.17) is 21.1 Å². The third kappa shape index (κ3) is 3.85. The first kappa shape index (κ1) is 23.3. The molecule has 0 bridgehead atoms. The number of amides is 1. The lowest BCUT2D eigenvalue weighted by atomic mass is 9.99. The van der Waals surface area contributed by atoms with Gasteiger partial charge in [0.1, 0.15) is 11.8 Å². The van der Waals surface area contributed by atoms with E-state index >= 15 is 0 Å². The molecule has 10 heteroatoms. The SMILES string of the molecule is COc1ccc(/C(O)=C2\C(=O)C(=O)N(c3nc4cc(Cl)c(C)cc4s3)C2c2cccs2)cc1OC. The first-order valence-corrected chi connectivity index (χ1v) is 12.5. The Bertz CT molecular complexity index is 1470. The summed E-state index contributed by atoms with van der Waals surface area (Å²) in [5, 5.41) is 14.1. The van der Waals surface area contributed by atoms with Gasteiger partial charge < -0.3 is 14.6 Å². The lowest BCUT2D eigenvalue weighted by Crippen LogP contribution is -2.28. The predicted octanol–water partition coefficient (Wildman–Crippen LogP) is 5.96. The maximum atomic E-state index is 13.3. The van der Waals surface area contributed by atoms with Gasteiger partial charge in [-0.25, -0.2) is 4.98 Å². The maximum Gasteiger partial charge on any atom is 0.301 e. The molecule has 35 heavy (non-hydrogen) atoms. The molecule has 1 aliphatic rings. The Labute approximate surface area is 213 Å². The van der Waals surface area contributed by atoms with Crippen molar-refractivity contribution in [2.24, 2.45) is 0 Å². The van der Waals surface area contributed by atoms with E-state index in [-0.39, 0.29) is 11.3 Å². The number of rotatable bonds is 5. The van der Waals surface area contributed by atoms with Gasteiger partial charge in [0.25, 0.3) is 5.78 Å². The van der Waals surface area contributed by atoms with Crippen LogP contribution in [0.25, 0.3) is 16.0 Å². The number of ketones is 1. The standard InChI is InChI=1S/C25H19ClN2O5S2/c1-12-9-19-15(11-14(12)26)27-25(35-19)28-21(18-5-4-8-34-18)20(23(30)24(28)31)22(29)13-6-7-16(32-2)17(10-13)33-3/h4-11,21,29H,1-3H3/b22-20+. The molecule has 1 atom stereocenters. The zero-order chi connectivity index (χ0) is 24.9. The molecule has 7 nitrogen and oxygen atoms in total. The van der Waals surface area contributed by atoms with Crippen molar-refractivity contribution in [2.75, 3.05) is 19.1 Å². The fourth-order valence-corrected chi connectivity index (χ4v) is 6.08. The minimum Gasteiger partial charge on any atom is -0.507 e. The molecule has 3 heterocycles. The Balaban J connectivity index is 1.70. The van der Waals surface area contributed by atoms with E-state index in [1.165, 1.54) is 41.8 Å². The molecular weight excluding hydrogens is 508 g/mol. The predicted molar refractivity (Wildman–Crippen MR) is 138 cm³/mol. The topological polar surface area (TPSA) is 89.0 Å². The van der Waals surface area contributed by atoms with Crippen molar-refractivity contribution < 1.29 is 24.2 Å². The number of hydrogen-bond donors (Lipinski definition) is 1. The molecule has 1 fully saturated rings. The van der Waals surface area contributed by atoms with Crippen LogP contribution in [0.5, 0.6) is 11.5 Å². The highest BCUT2D eigenvalue weighted by molar-refractivity contribution is 7.22. The molecule has 5 rings (SSSR count). The number of hydrogen-bond acceptors (Lipinski definition) is 8. The number of aromatic nitrogens is 1. The Morgan fingerprint density at radius 3 is 2.57 bits per heavy atom. The highest BCUT2D eigenvalue weighted by atomic mass is 35.5. The van der Waals surface area contributed by atoms with Gasteiger partial charge >= 0.3 is 5.91 Å². The van der Waals surface area contributed by atoms with Crippen LogP contribution in [0.15, 0.2) is 53.4 Å². The number of aliphatic hydroxyl groups is 1. The second-order valence-corrected chi connectivity index (χ2v) is 10.2. The summed E-state index contributed by atoms with van der Waals surface area (Å²) in [7, 11) is 2.99. The monoisotopic (exact) mass is 526 g/mol. The van der Waals surface area contributed by atoms with E-state index < -0.39 is 17.7 Å². The minimum absolute atomic E-state index is 0.0156. The van der Waals surface area contributed by atoms with Gasteiger partial charge in [-0.3, -0.25) is 14.5 Å². The molecule has 1 amide bonds. The highest BCUT2D eigenvalue weighted by Gasteiger charge is 2.48. The second kappa shape index (κ2) is 8.99. The average molecular weight is 527 g/mol. The van der Waals surface area contributed by atoms with E-state index in [0.717, 1.165) is 15.1 Å². The van der Waals surface area contributed by atoms with E-state index in [2.05, 4.69) is 4.98 Å². The van der Waals surface area contributed by atoms with Crippen molar-refractivity contribution in [3.05, 3.63) is 74.4 Å². The number of aryl methyl sites for hydroxylation is 1. The van der Waals surface area contributed by atoms with Crippen LogP contribution in [0.2, 0.25) is 5.02 Å². The zero-order valence-electron chi connectivity index (χ0n) is 18.9.